The highest BCUT2D eigenvalue weighted by molar-refractivity contribution is 5.77. The quantitative estimate of drug-likeness (QED) is 0.801. The van der Waals surface area contributed by atoms with E-state index in [4.69, 9.17) is 10.7 Å². The van der Waals surface area contributed by atoms with Crippen molar-refractivity contribution in [2.75, 3.05) is 0 Å². The van der Waals surface area contributed by atoms with Gasteiger partial charge in [0.1, 0.15) is 11.9 Å². The molecule has 110 valence electrons. The molecule has 21 heavy (non-hydrogen) atoms. The molecule has 5 heteroatoms. The lowest BCUT2D eigenvalue weighted by molar-refractivity contribution is 0.485. The van der Waals surface area contributed by atoms with Crippen LogP contribution < -0.4 is 5.73 Å². The van der Waals surface area contributed by atoms with Gasteiger partial charge in [-0.3, -0.25) is 4.68 Å². The maximum atomic E-state index is 5.73. The summed E-state index contributed by atoms with van der Waals surface area (Å²) >= 11 is 0. The summed E-state index contributed by atoms with van der Waals surface area (Å²) in [4.78, 5) is 4.85. The Labute approximate surface area is 124 Å². The van der Waals surface area contributed by atoms with Crippen LogP contribution in [0.5, 0.6) is 0 Å². The zero-order valence-electron chi connectivity index (χ0n) is 12.7. The average molecular weight is 283 g/mol. The zero-order chi connectivity index (χ0) is 15.0. The molecule has 5 nitrogen and oxygen atoms in total. The molecule has 0 bridgehead atoms. The molecule has 0 aliphatic rings. The van der Waals surface area contributed by atoms with Gasteiger partial charge in [-0.1, -0.05) is 6.07 Å². The van der Waals surface area contributed by atoms with E-state index in [1.165, 1.54) is 0 Å². The van der Waals surface area contributed by atoms with Crippen molar-refractivity contribution >= 4 is 11.0 Å². The van der Waals surface area contributed by atoms with Gasteiger partial charge in [0.25, 0.3) is 0 Å². The summed E-state index contributed by atoms with van der Waals surface area (Å²) in [6, 6.07) is 8.64. The van der Waals surface area contributed by atoms with Crippen LogP contribution in [-0.2, 0) is 6.54 Å². The SMILES string of the molecule is CC(c1nc2cc(CN)ccc2n1C(C)C)n1cccn1. The summed E-state index contributed by atoms with van der Waals surface area (Å²) in [7, 11) is 0. The van der Waals surface area contributed by atoms with Crippen LogP contribution in [0.1, 0.15) is 44.2 Å². The first-order valence-corrected chi connectivity index (χ1v) is 7.31. The van der Waals surface area contributed by atoms with Gasteiger partial charge in [0, 0.05) is 25.0 Å². The van der Waals surface area contributed by atoms with Crippen LogP contribution in [0, 0.1) is 0 Å². The van der Waals surface area contributed by atoms with Crippen LogP contribution in [0.25, 0.3) is 11.0 Å². The van der Waals surface area contributed by atoms with E-state index in [9.17, 15) is 0 Å². The fourth-order valence-electron chi connectivity index (χ4n) is 2.76. The first kappa shape index (κ1) is 13.8. The second-order valence-corrected chi connectivity index (χ2v) is 5.62. The number of rotatable bonds is 4. The van der Waals surface area contributed by atoms with E-state index in [0.29, 0.717) is 12.6 Å². The Kier molecular flexibility index (Phi) is 3.51. The number of fused-ring (bicyclic) bond motifs is 1. The van der Waals surface area contributed by atoms with E-state index in [2.05, 4.69) is 48.6 Å². The molecular weight excluding hydrogens is 262 g/mol. The first-order chi connectivity index (χ1) is 10.1. The number of hydrogen-bond acceptors (Lipinski definition) is 3. The highest BCUT2D eigenvalue weighted by Gasteiger charge is 2.20. The predicted octanol–water partition coefficient (Wildman–Crippen LogP) is 2.88. The van der Waals surface area contributed by atoms with E-state index in [1.54, 1.807) is 6.20 Å². The molecule has 0 spiro atoms. The van der Waals surface area contributed by atoms with Crippen LogP contribution in [0.2, 0.25) is 0 Å². The number of nitrogens with zero attached hydrogens (tertiary/aromatic N) is 4. The predicted molar refractivity (Wildman–Crippen MR) is 84.0 cm³/mol. The monoisotopic (exact) mass is 283 g/mol. The third-order valence-corrected chi connectivity index (χ3v) is 3.83. The Morgan fingerprint density at radius 3 is 2.67 bits per heavy atom. The molecule has 0 saturated heterocycles. The Balaban J connectivity index is 2.19. The van der Waals surface area contributed by atoms with Crippen molar-refractivity contribution in [2.45, 2.75) is 39.4 Å². The molecule has 0 aliphatic carbocycles. The summed E-state index contributed by atoms with van der Waals surface area (Å²) in [5.41, 5.74) is 8.99. The Bertz CT molecular complexity index is 739. The van der Waals surface area contributed by atoms with E-state index in [0.717, 1.165) is 22.4 Å². The van der Waals surface area contributed by atoms with Gasteiger partial charge in [0.15, 0.2) is 0 Å². The van der Waals surface area contributed by atoms with Crippen molar-refractivity contribution in [3.8, 4) is 0 Å². The molecule has 1 unspecified atom stereocenters. The molecule has 1 atom stereocenters. The minimum absolute atomic E-state index is 0.0936. The molecule has 0 fully saturated rings. The molecule has 2 aromatic heterocycles. The van der Waals surface area contributed by atoms with Crippen LogP contribution in [-0.4, -0.2) is 19.3 Å². The third kappa shape index (κ3) is 2.34. The lowest BCUT2D eigenvalue weighted by atomic mass is 10.2. The minimum atomic E-state index is 0.0936. The molecule has 2 N–H and O–H groups in total. The van der Waals surface area contributed by atoms with E-state index in [1.807, 2.05) is 16.9 Å². The normalized spacial score (nSPS) is 13.2. The Hall–Kier alpha value is -2.14. The van der Waals surface area contributed by atoms with E-state index >= 15 is 0 Å². The van der Waals surface area contributed by atoms with Crippen molar-refractivity contribution in [2.24, 2.45) is 5.73 Å². The summed E-state index contributed by atoms with van der Waals surface area (Å²) < 4.78 is 4.21. The summed E-state index contributed by atoms with van der Waals surface area (Å²) in [5, 5.41) is 4.34. The van der Waals surface area contributed by atoms with Crippen molar-refractivity contribution in [3.05, 3.63) is 48.0 Å². The first-order valence-electron chi connectivity index (χ1n) is 7.31. The fraction of sp³-hybridized carbons (Fsp3) is 0.375. The highest BCUT2D eigenvalue weighted by atomic mass is 15.3. The second-order valence-electron chi connectivity index (χ2n) is 5.62. The molecule has 1 aromatic carbocycles. The molecule has 0 amide bonds. The van der Waals surface area contributed by atoms with Crippen molar-refractivity contribution in [3.63, 3.8) is 0 Å². The molecule has 2 heterocycles. The van der Waals surface area contributed by atoms with Crippen LogP contribution in [0.15, 0.2) is 36.7 Å². The van der Waals surface area contributed by atoms with Crippen LogP contribution in [0.3, 0.4) is 0 Å². The van der Waals surface area contributed by atoms with Gasteiger partial charge < -0.3 is 10.3 Å². The van der Waals surface area contributed by atoms with Gasteiger partial charge in [-0.2, -0.15) is 5.10 Å². The smallest absolute Gasteiger partial charge is 0.134 e. The number of nitrogens with two attached hydrogens (primary N) is 1. The molecule has 3 aromatic rings. The Morgan fingerprint density at radius 2 is 2.05 bits per heavy atom. The molecular formula is C16H21N5. The van der Waals surface area contributed by atoms with Crippen LogP contribution in [0.4, 0.5) is 0 Å². The molecule has 0 radical (unpaired) electrons. The van der Waals surface area contributed by atoms with Gasteiger partial charge in [-0.15, -0.1) is 0 Å². The van der Waals surface area contributed by atoms with Gasteiger partial charge in [0.05, 0.1) is 11.0 Å². The minimum Gasteiger partial charge on any atom is -0.326 e. The highest BCUT2D eigenvalue weighted by Crippen LogP contribution is 2.27. The maximum Gasteiger partial charge on any atom is 0.134 e. The summed E-state index contributed by atoms with van der Waals surface area (Å²) in [5.74, 6) is 1.03. The largest absolute Gasteiger partial charge is 0.326 e. The number of benzene rings is 1. The number of hydrogen-bond donors (Lipinski definition) is 1. The standard InChI is InChI=1S/C16H21N5/c1-11(2)21-15-6-5-13(10-17)9-14(15)19-16(21)12(3)20-8-4-7-18-20/h4-9,11-12H,10,17H2,1-3H3. The number of aromatic nitrogens is 4. The lowest BCUT2D eigenvalue weighted by Gasteiger charge is -2.18. The molecule has 0 saturated carbocycles. The summed E-state index contributed by atoms with van der Waals surface area (Å²) in [6.07, 6.45) is 3.77. The van der Waals surface area contributed by atoms with Gasteiger partial charge in [-0.05, 0) is 44.5 Å². The topological polar surface area (TPSA) is 61.7 Å². The van der Waals surface area contributed by atoms with Crippen molar-refractivity contribution < 1.29 is 0 Å². The zero-order valence-corrected chi connectivity index (χ0v) is 12.7. The lowest BCUT2D eigenvalue weighted by Crippen LogP contribution is -2.15. The van der Waals surface area contributed by atoms with E-state index in [-0.39, 0.29) is 6.04 Å². The number of imidazole rings is 1. The summed E-state index contributed by atoms with van der Waals surface area (Å²) in [6.45, 7) is 7.01. The molecule has 3 rings (SSSR count). The van der Waals surface area contributed by atoms with Crippen molar-refractivity contribution in [1.82, 2.24) is 19.3 Å². The second kappa shape index (κ2) is 5.33. The Morgan fingerprint density at radius 1 is 1.24 bits per heavy atom. The van der Waals surface area contributed by atoms with Crippen LogP contribution >= 0.6 is 0 Å². The van der Waals surface area contributed by atoms with Gasteiger partial charge in [-0.25, -0.2) is 4.98 Å². The van der Waals surface area contributed by atoms with Crippen molar-refractivity contribution in [1.29, 1.82) is 0 Å². The third-order valence-electron chi connectivity index (χ3n) is 3.83. The van der Waals surface area contributed by atoms with Gasteiger partial charge >= 0.3 is 0 Å². The average Bonchev–Trinajstić information content (AvgIpc) is 3.12. The molecule has 0 aliphatic heterocycles. The van der Waals surface area contributed by atoms with E-state index < -0.39 is 0 Å². The fourth-order valence-corrected chi connectivity index (χ4v) is 2.76. The van der Waals surface area contributed by atoms with Gasteiger partial charge in [0.2, 0.25) is 0 Å². The maximum absolute atomic E-state index is 5.73.